The van der Waals surface area contributed by atoms with Crippen molar-refractivity contribution in [2.75, 3.05) is 0 Å². The van der Waals surface area contributed by atoms with Gasteiger partial charge in [-0.2, -0.15) is 0 Å². The summed E-state index contributed by atoms with van der Waals surface area (Å²) >= 11 is 5.80. The molecule has 0 aliphatic heterocycles. The van der Waals surface area contributed by atoms with E-state index in [-0.39, 0.29) is 5.28 Å². The zero-order valence-electron chi connectivity index (χ0n) is 9.14. The Morgan fingerprint density at radius 1 is 1.24 bits per heavy atom. The van der Waals surface area contributed by atoms with Crippen LogP contribution in [0.2, 0.25) is 5.28 Å². The van der Waals surface area contributed by atoms with E-state index in [1.54, 1.807) is 6.20 Å². The predicted octanol–water partition coefficient (Wildman–Crippen LogP) is 3.85. The molecule has 0 atom stereocenters. The van der Waals surface area contributed by atoms with Gasteiger partial charge in [0.2, 0.25) is 5.28 Å². The molecule has 3 aromatic rings. The number of nitrogens with zero attached hydrogens (tertiary/aromatic N) is 2. The second-order valence-electron chi connectivity index (χ2n) is 3.82. The van der Waals surface area contributed by atoms with Crippen molar-refractivity contribution in [2.24, 2.45) is 0 Å². The van der Waals surface area contributed by atoms with E-state index in [1.807, 2.05) is 37.3 Å². The van der Waals surface area contributed by atoms with Crippen LogP contribution in [0.5, 0.6) is 0 Å². The Morgan fingerprint density at radius 2 is 2.06 bits per heavy atom. The van der Waals surface area contributed by atoms with Crippen molar-refractivity contribution in [2.45, 2.75) is 6.92 Å². The van der Waals surface area contributed by atoms with Gasteiger partial charge in [-0.05, 0) is 36.2 Å². The van der Waals surface area contributed by atoms with Crippen molar-refractivity contribution < 1.29 is 4.42 Å². The largest absolute Gasteiger partial charge is 0.454 e. The number of aryl methyl sites for hydroxylation is 1. The van der Waals surface area contributed by atoms with Crippen LogP contribution in [0.25, 0.3) is 22.4 Å². The van der Waals surface area contributed by atoms with Crippen LogP contribution in [0.1, 0.15) is 5.56 Å². The first-order chi connectivity index (χ1) is 8.24. The molecule has 0 saturated carbocycles. The van der Waals surface area contributed by atoms with Gasteiger partial charge >= 0.3 is 0 Å². The molecule has 0 amide bonds. The fraction of sp³-hybridized carbons (Fsp3) is 0.0769. The number of para-hydroxylation sites is 1. The number of rotatable bonds is 1. The maximum absolute atomic E-state index is 5.80. The molecule has 2 aromatic heterocycles. The summed E-state index contributed by atoms with van der Waals surface area (Å²) < 4.78 is 5.74. The lowest BCUT2D eigenvalue weighted by atomic mass is 10.2. The highest BCUT2D eigenvalue weighted by Gasteiger charge is 2.10. The van der Waals surface area contributed by atoms with Crippen molar-refractivity contribution in [3.05, 3.63) is 47.4 Å². The van der Waals surface area contributed by atoms with Crippen LogP contribution in [0.15, 0.2) is 40.9 Å². The quantitative estimate of drug-likeness (QED) is 0.611. The molecule has 1 aromatic carbocycles. The van der Waals surface area contributed by atoms with Crippen molar-refractivity contribution in [1.29, 1.82) is 0 Å². The zero-order valence-corrected chi connectivity index (χ0v) is 9.90. The highest BCUT2D eigenvalue weighted by Crippen LogP contribution is 2.28. The van der Waals surface area contributed by atoms with E-state index in [1.165, 1.54) is 0 Å². The Morgan fingerprint density at radius 3 is 2.88 bits per heavy atom. The van der Waals surface area contributed by atoms with E-state index >= 15 is 0 Å². The minimum atomic E-state index is 0.228. The van der Waals surface area contributed by atoms with Crippen LogP contribution in [-0.2, 0) is 0 Å². The summed E-state index contributed by atoms with van der Waals surface area (Å²) in [6.07, 6.45) is 1.69. The first kappa shape index (κ1) is 10.3. The average Bonchev–Trinajstić information content (AvgIpc) is 2.75. The zero-order chi connectivity index (χ0) is 11.8. The predicted molar refractivity (Wildman–Crippen MR) is 67.0 cm³/mol. The fourth-order valence-corrected chi connectivity index (χ4v) is 1.90. The SMILES string of the molecule is Cc1cnc(Cl)nc1-c1cc2ccccc2o1. The number of hydrogen-bond acceptors (Lipinski definition) is 3. The van der Waals surface area contributed by atoms with Crippen molar-refractivity contribution in [3.63, 3.8) is 0 Å². The van der Waals surface area contributed by atoms with Gasteiger partial charge in [0.1, 0.15) is 11.3 Å². The van der Waals surface area contributed by atoms with E-state index in [0.717, 1.165) is 22.2 Å². The minimum absolute atomic E-state index is 0.228. The van der Waals surface area contributed by atoms with Gasteiger partial charge in [0.15, 0.2) is 5.76 Å². The van der Waals surface area contributed by atoms with Crippen molar-refractivity contribution >= 4 is 22.6 Å². The molecule has 0 fully saturated rings. The van der Waals surface area contributed by atoms with Gasteiger partial charge in [0, 0.05) is 11.6 Å². The molecule has 4 heteroatoms. The van der Waals surface area contributed by atoms with E-state index in [9.17, 15) is 0 Å². The Balaban J connectivity index is 2.23. The Kier molecular flexibility index (Phi) is 2.34. The smallest absolute Gasteiger partial charge is 0.223 e. The van der Waals surface area contributed by atoms with E-state index in [2.05, 4.69) is 9.97 Å². The molecule has 0 radical (unpaired) electrons. The molecule has 0 saturated heterocycles. The van der Waals surface area contributed by atoms with Crippen LogP contribution in [-0.4, -0.2) is 9.97 Å². The number of halogens is 1. The minimum Gasteiger partial charge on any atom is -0.454 e. The van der Waals surface area contributed by atoms with Gasteiger partial charge in [-0.25, -0.2) is 9.97 Å². The summed E-state index contributed by atoms with van der Waals surface area (Å²) in [6.45, 7) is 1.93. The molecule has 17 heavy (non-hydrogen) atoms. The molecule has 0 aliphatic carbocycles. The number of fused-ring (bicyclic) bond motifs is 1. The molecule has 3 nitrogen and oxygen atoms in total. The van der Waals surface area contributed by atoms with Crippen LogP contribution in [0.4, 0.5) is 0 Å². The molecule has 0 unspecified atom stereocenters. The fourth-order valence-electron chi connectivity index (χ4n) is 1.77. The maximum Gasteiger partial charge on any atom is 0.223 e. The van der Waals surface area contributed by atoms with Crippen LogP contribution in [0, 0.1) is 6.92 Å². The number of furan rings is 1. The molecule has 2 heterocycles. The lowest BCUT2D eigenvalue weighted by molar-refractivity contribution is 0.627. The standard InChI is InChI=1S/C13H9ClN2O/c1-8-7-15-13(14)16-12(8)11-6-9-4-2-3-5-10(9)17-11/h2-7H,1H3. The van der Waals surface area contributed by atoms with E-state index in [4.69, 9.17) is 16.0 Å². The monoisotopic (exact) mass is 244 g/mol. The molecule has 0 aliphatic rings. The van der Waals surface area contributed by atoms with Gasteiger partial charge in [-0.3, -0.25) is 0 Å². The lowest BCUT2D eigenvalue weighted by Crippen LogP contribution is -1.89. The number of hydrogen-bond donors (Lipinski definition) is 0. The summed E-state index contributed by atoms with van der Waals surface area (Å²) in [7, 11) is 0. The van der Waals surface area contributed by atoms with E-state index in [0.29, 0.717) is 5.76 Å². The van der Waals surface area contributed by atoms with Crippen LogP contribution in [0.3, 0.4) is 0 Å². The summed E-state index contributed by atoms with van der Waals surface area (Å²) in [5, 5.41) is 1.28. The molecule has 84 valence electrons. The molecule has 0 N–H and O–H groups in total. The highest BCUT2D eigenvalue weighted by molar-refractivity contribution is 6.28. The third kappa shape index (κ3) is 1.78. The maximum atomic E-state index is 5.80. The lowest BCUT2D eigenvalue weighted by Gasteiger charge is -2.00. The first-order valence-corrected chi connectivity index (χ1v) is 5.60. The average molecular weight is 245 g/mol. The molecular formula is C13H9ClN2O. The topological polar surface area (TPSA) is 38.9 Å². The third-order valence-corrected chi connectivity index (χ3v) is 2.78. The Hall–Kier alpha value is -1.87. The number of benzene rings is 1. The van der Waals surface area contributed by atoms with Gasteiger partial charge < -0.3 is 4.42 Å². The normalized spacial score (nSPS) is 10.9. The molecule has 3 rings (SSSR count). The second kappa shape index (κ2) is 3.86. The van der Waals surface area contributed by atoms with Gasteiger partial charge in [-0.15, -0.1) is 0 Å². The molecular weight excluding hydrogens is 236 g/mol. The molecule has 0 bridgehead atoms. The van der Waals surface area contributed by atoms with Gasteiger partial charge in [-0.1, -0.05) is 18.2 Å². The van der Waals surface area contributed by atoms with Crippen molar-refractivity contribution in [1.82, 2.24) is 9.97 Å². The van der Waals surface area contributed by atoms with Crippen LogP contribution >= 0.6 is 11.6 Å². The van der Waals surface area contributed by atoms with E-state index < -0.39 is 0 Å². The Labute approximate surface area is 103 Å². The first-order valence-electron chi connectivity index (χ1n) is 5.22. The summed E-state index contributed by atoms with van der Waals surface area (Å²) in [5.74, 6) is 0.716. The van der Waals surface area contributed by atoms with Gasteiger partial charge in [0.25, 0.3) is 0 Å². The van der Waals surface area contributed by atoms with Crippen LogP contribution < -0.4 is 0 Å². The van der Waals surface area contributed by atoms with Crippen molar-refractivity contribution in [3.8, 4) is 11.5 Å². The Bertz CT molecular complexity index is 658. The second-order valence-corrected chi connectivity index (χ2v) is 4.16. The summed E-state index contributed by atoms with van der Waals surface area (Å²) in [6, 6.07) is 9.80. The third-order valence-electron chi connectivity index (χ3n) is 2.60. The highest BCUT2D eigenvalue weighted by atomic mass is 35.5. The molecule has 0 spiro atoms. The summed E-state index contributed by atoms with van der Waals surface area (Å²) in [5.41, 5.74) is 2.52. The van der Waals surface area contributed by atoms with Gasteiger partial charge in [0.05, 0.1) is 0 Å². The number of aromatic nitrogens is 2. The summed E-state index contributed by atoms with van der Waals surface area (Å²) in [4.78, 5) is 8.13.